The first-order chi connectivity index (χ1) is 2.89. The van der Waals surface area contributed by atoms with Gasteiger partial charge < -0.3 is 0 Å². The molecular weight excluding hydrogens is 466 g/mol. The zero-order chi connectivity index (χ0) is 4.41. The molecule has 1 radical (unpaired) electrons. The van der Waals surface area contributed by atoms with Gasteiger partial charge in [-0.05, 0) is 0 Å². The second kappa shape index (κ2) is 2.63. The van der Waals surface area contributed by atoms with Crippen molar-refractivity contribution >= 4 is 40.1 Å². The van der Waals surface area contributed by atoms with Gasteiger partial charge >= 0.3 is 56.4 Å². The molecule has 0 saturated carbocycles. The average Bonchev–Trinajstić information content (AvgIpc) is 1.86. The summed E-state index contributed by atoms with van der Waals surface area (Å²) in [6, 6.07) is 0. The molecule has 0 unspecified atom stereocenters. The van der Waals surface area contributed by atoms with Crippen molar-refractivity contribution in [2.75, 3.05) is 0 Å². The summed E-state index contributed by atoms with van der Waals surface area (Å²) in [6.45, 7) is 2.18. The third-order valence-corrected chi connectivity index (χ3v) is 17.7. The first kappa shape index (κ1) is 5.51. The Balaban J connectivity index is 2.68. The van der Waals surface area contributed by atoms with Crippen LogP contribution in [-0.2, 0) is 0 Å². The molecule has 0 nitrogen and oxygen atoms in total. The van der Waals surface area contributed by atoms with E-state index >= 15 is 0 Å². The van der Waals surface area contributed by atoms with Crippen LogP contribution in [0.25, 0.3) is 0 Å². The molecule has 0 aromatic carbocycles. The van der Waals surface area contributed by atoms with Gasteiger partial charge in [0.25, 0.3) is 0 Å². The molecule has 31 valence electrons. The van der Waals surface area contributed by atoms with Crippen LogP contribution in [0.15, 0.2) is 9.36 Å². The maximum atomic E-state index is 3.45. The topological polar surface area (TPSA) is 0 Å². The summed E-state index contributed by atoms with van der Waals surface area (Å²) >= 11 is 0.0567. The van der Waals surface area contributed by atoms with Gasteiger partial charge in [-0.1, -0.05) is 0 Å². The molecule has 1 rings (SSSR count). The van der Waals surface area contributed by atoms with E-state index in [-0.39, 0.29) is 36.4 Å². The first-order valence-electron chi connectivity index (χ1n) is 1.77. The van der Waals surface area contributed by atoms with E-state index in [9.17, 15) is 0 Å². The van der Waals surface area contributed by atoms with Gasteiger partial charge in [0.2, 0.25) is 0 Å². The molecule has 6 heavy (non-hydrogen) atoms. The van der Waals surface area contributed by atoms with E-state index in [1.165, 1.54) is 5.57 Å². The van der Waals surface area contributed by atoms with Crippen LogP contribution in [0.1, 0.15) is 6.92 Å². The van der Waals surface area contributed by atoms with Crippen molar-refractivity contribution < 1.29 is 0 Å². The summed E-state index contributed by atoms with van der Waals surface area (Å²) in [5, 5.41) is 0. The Hall–Kier alpha value is 1.38. The Morgan fingerprint density at radius 3 is 3.00 bits per heavy atom. The van der Waals surface area contributed by atoms with Crippen molar-refractivity contribution in [1.82, 2.24) is 0 Å². The van der Waals surface area contributed by atoms with Crippen molar-refractivity contribution in [3.05, 3.63) is 9.36 Å². The fourth-order valence-corrected chi connectivity index (χ4v) is 21.7. The minimum atomic E-state index is 0.00656. The summed E-state index contributed by atoms with van der Waals surface area (Å²) in [5.41, 5.74) is 1.50. The molecule has 1 heterocycles. The Morgan fingerprint density at radius 2 is 2.83 bits per heavy atom. The first-order valence-corrected chi connectivity index (χ1v) is 22.8. The Bertz CT molecular complexity index is 99.4. The van der Waals surface area contributed by atoms with Crippen LogP contribution in [0.5, 0.6) is 0 Å². The summed E-state index contributed by atoms with van der Waals surface area (Å²) in [4.78, 5) is 0. The molecule has 0 fully saturated rings. The van der Waals surface area contributed by atoms with E-state index in [1.807, 2.05) is 0 Å². The summed E-state index contributed by atoms with van der Waals surface area (Å²) in [7, 11) is 0. The summed E-state index contributed by atoms with van der Waals surface area (Å²) < 4.78 is 5.93. The van der Waals surface area contributed by atoms with E-state index in [2.05, 4.69) is 14.4 Å². The molecular formula is C4H5Bi2. The number of allylic oxidation sites excluding steroid dienone is 1. The minimum absolute atomic E-state index is 0.00656. The van der Waals surface area contributed by atoms with Crippen molar-refractivity contribution in [2.45, 2.75) is 6.92 Å². The van der Waals surface area contributed by atoms with Crippen molar-refractivity contribution in [3.8, 4) is 0 Å². The normalized spacial score (nSPS) is 18.5. The van der Waals surface area contributed by atoms with Gasteiger partial charge in [-0.25, -0.2) is 0 Å². The standard InChI is InChI=1S/C4H4.2Bi.H/c1-4(2)3;;;/h1H,2H3;;;. The van der Waals surface area contributed by atoms with Crippen LogP contribution >= 0.6 is 0 Å². The Morgan fingerprint density at radius 1 is 2.00 bits per heavy atom. The van der Waals surface area contributed by atoms with E-state index in [4.69, 9.17) is 0 Å². The molecule has 1 aliphatic rings. The third kappa shape index (κ3) is 1.47. The molecule has 0 aliphatic carbocycles. The quantitative estimate of drug-likeness (QED) is 0.424. The average molecular weight is 471 g/mol. The SMILES string of the molecule is CC1=[CH][BiH][Bi]=[C]1. The monoisotopic (exact) mass is 471 g/mol. The number of hydrogen-bond acceptors (Lipinski definition) is 0. The molecule has 1 aliphatic heterocycles. The van der Waals surface area contributed by atoms with Gasteiger partial charge in [0, 0.05) is 0 Å². The van der Waals surface area contributed by atoms with E-state index in [0.29, 0.717) is 0 Å². The van der Waals surface area contributed by atoms with E-state index < -0.39 is 0 Å². The predicted octanol–water partition coefficient (Wildman–Crippen LogP) is -0.361. The summed E-state index contributed by atoms with van der Waals surface area (Å²) in [6.07, 6.45) is 0. The molecule has 2 heteroatoms. The van der Waals surface area contributed by atoms with Gasteiger partial charge in [-0.3, -0.25) is 0 Å². The van der Waals surface area contributed by atoms with Crippen LogP contribution in [0.3, 0.4) is 0 Å². The molecule has 0 aromatic heterocycles. The predicted molar refractivity (Wildman–Crippen MR) is 31.7 cm³/mol. The second-order valence-electron chi connectivity index (χ2n) is 1.18. The van der Waals surface area contributed by atoms with Crippen LogP contribution < -0.4 is 0 Å². The van der Waals surface area contributed by atoms with Gasteiger partial charge in [0.05, 0.1) is 0 Å². The van der Waals surface area contributed by atoms with Crippen LogP contribution in [0, 0.1) is 0 Å². The Kier molecular flexibility index (Phi) is 2.41. The van der Waals surface area contributed by atoms with Gasteiger partial charge in [-0.2, -0.15) is 0 Å². The van der Waals surface area contributed by atoms with Crippen molar-refractivity contribution in [3.63, 3.8) is 0 Å². The zero-order valence-electron chi connectivity index (χ0n) is 3.52. The van der Waals surface area contributed by atoms with E-state index in [0.717, 1.165) is 0 Å². The maximum absolute atomic E-state index is 3.45. The molecule has 0 bridgehead atoms. The van der Waals surface area contributed by atoms with Crippen LogP contribution in [0.2, 0.25) is 0 Å². The third-order valence-electron chi connectivity index (χ3n) is 0.578. The van der Waals surface area contributed by atoms with Crippen LogP contribution in [0.4, 0.5) is 0 Å². The molecule has 0 spiro atoms. The molecule has 0 N–H and O–H groups in total. The van der Waals surface area contributed by atoms with Crippen molar-refractivity contribution in [2.24, 2.45) is 0 Å². The van der Waals surface area contributed by atoms with Gasteiger partial charge in [0.15, 0.2) is 0 Å². The zero-order valence-corrected chi connectivity index (χ0v) is 10.9. The molecule has 0 atom stereocenters. The van der Waals surface area contributed by atoms with Gasteiger partial charge in [0.1, 0.15) is 0 Å². The fraction of sp³-hybridized carbons (Fsp3) is 0.250. The summed E-state index contributed by atoms with van der Waals surface area (Å²) in [5.74, 6) is 0. The number of rotatable bonds is 0. The van der Waals surface area contributed by atoms with E-state index in [1.54, 1.807) is 0 Å². The van der Waals surface area contributed by atoms with Crippen molar-refractivity contribution in [1.29, 1.82) is 0 Å². The molecule has 0 amide bonds. The van der Waals surface area contributed by atoms with Gasteiger partial charge in [-0.15, -0.1) is 0 Å². The Labute approximate surface area is 55.6 Å². The molecule has 0 saturated heterocycles. The fourth-order valence-electron chi connectivity index (χ4n) is 0.282. The van der Waals surface area contributed by atoms with Crippen LogP contribution in [-0.4, -0.2) is 40.1 Å². The molecule has 0 aromatic rings. The second-order valence-corrected chi connectivity index (χ2v) is 21.5. The number of hydrogen-bond donors (Lipinski definition) is 0.